The summed E-state index contributed by atoms with van der Waals surface area (Å²) in [5.41, 5.74) is 3.73. The molecule has 1 aliphatic heterocycles. The standard InChI is InChI=1S/C21H23N5O3S/c1-12(2)26-20-17(11-23-26)16(10-18(24-20)13-3-4-13)21(27)25-8-7-14-5-6-15(9-19(14)25)30(22,28)29/h5-6,9-13H,3-4,7-8H2,1-2H3,(H2,22,28,29). The van der Waals surface area contributed by atoms with Gasteiger partial charge in [-0.05, 0) is 56.9 Å². The first-order chi connectivity index (χ1) is 14.2. The van der Waals surface area contributed by atoms with Gasteiger partial charge in [-0.2, -0.15) is 5.10 Å². The van der Waals surface area contributed by atoms with E-state index >= 15 is 0 Å². The molecule has 1 aromatic carbocycles. The molecule has 0 radical (unpaired) electrons. The van der Waals surface area contributed by atoms with Gasteiger partial charge in [-0.25, -0.2) is 23.2 Å². The molecular formula is C21H23N5O3S. The summed E-state index contributed by atoms with van der Waals surface area (Å²) in [6.07, 6.45) is 4.52. The molecule has 5 rings (SSSR count). The lowest BCUT2D eigenvalue weighted by atomic mass is 10.1. The molecule has 2 N–H and O–H groups in total. The first-order valence-corrected chi connectivity index (χ1v) is 11.6. The first kappa shape index (κ1) is 19.2. The van der Waals surface area contributed by atoms with E-state index in [1.807, 2.05) is 24.6 Å². The average Bonchev–Trinajstić information content (AvgIpc) is 3.31. The van der Waals surface area contributed by atoms with Crippen molar-refractivity contribution >= 4 is 32.7 Å². The van der Waals surface area contributed by atoms with E-state index in [0.717, 1.165) is 29.7 Å². The third-order valence-corrected chi connectivity index (χ3v) is 6.74. The van der Waals surface area contributed by atoms with Crippen LogP contribution in [0.1, 0.15) is 60.3 Å². The number of pyridine rings is 1. The van der Waals surface area contributed by atoms with Crippen molar-refractivity contribution in [1.29, 1.82) is 0 Å². The third kappa shape index (κ3) is 3.09. The Morgan fingerprint density at radius 3 is 2.67 bits per heavy atom. The van der Waals surface area contributed by atoms with Crippen molar-refractivity contribution in [3.63, 3.8) is 0 Å². The Kier molecular flexibility index (Phi) is 4.23. The molecule has 1 fully saturated rings. The van der Waals surface area contributed by atoms with Crippen molar-refractivity contribution in [1.82, 2.24) is 14.8 Å². The Morgan fingerprint density at radius 2 is 2.00 bits per heavy atom. The fourth-order valence-corrected chi connectivity index (χ4v) is 4.61. The molecule has 0 saturated heterocycles. The van der Waals surface area contributed by atoms with Crippen LogP contribution in [-0.4, -0.2) is 35.6 Å². The number of aromatic nitrogens is 3. The summed E-state index contributed by atoms with van der Waals surface area (Å²) in [7, 11) is -3.85. The minimum Gasteiger partial charge on any atom is -0.308 e. The molecular weight excluding hydrogens is 402 g/mol. The second-order valence-electron chi connectivity index (χ2n) is 8.33. The summed E-state index contributed by atoms with van der Waals surface area (Å²) < 4.78 is 25.4. The van der Waals surface area contributed by atoms with Gasteiger partial charge in [-0.15, -0.1) is 0 Å². The maximum Gasteiger partial charge on any atom is 0.259 e. The van der Waals surface area contributed by atoms with E-state index in [-0.39, 0.29) is 16.8 Å². The number of primary sulfonamides is 1. The van der Waals surface area contributed by atoms with Crippen LogP contribution in [0.4, 0.5) is 5.69 Å². The fraction of sp³-hybridized carbons (Fsp3) is 0.381. The Bertz CT molecular complexity index is 1290. The first-order valence-electron chi connectivity index (χ1n) is 10.1. The molecule has 3 heterocycles. The van der Waals surface area contributed by atoms with Gasteiger partial charge in [0.15, 0.2) is 5.65 Å². The van der Waals surface area contributed by atoms with Crippen molar-refractivity contribution in [3.8, 4) is 0 Å². The van der Waals surface area contributed by atoms with Crippen molar-refractivity contribution in [3.05, 3.63) is 47.3 Å². The minimum atomic E-state index is -3.85. The zero-order chi connectivity index (χ0) is 21.2. The van der Waals surface area contributed by atoms with Crippen molar-refractivity contribution in [2.24, 2.45) is 5.14 Å². The van der Waals surface area contributed by atoms with Gasteiger partial charge in [-0.3, -0.25) is 4.79 Å². The van der Waals surface area contributed by atoms with Gasteiger partial charge in [0.2, 0.25) is 10.0 Å². The van der Waals surface area contributed by atoms with Crippen LogP contribution in [0, 0.1) is 0 Å². The summed E-state index contributed by atoms with van der Waals surface area (Å²) >= 11 is 0. The van der Waals surface area contributed by atoms with E-state index in [1.165, 1.54) is 12.1 Å². The lowest BCUT2D eigenvalue weighted by Gasteiger charge is -2.19. The summed E-state index contributed by atoms with van der Waals surface area (Å²) in [6.45, 7) is 4.55. The zero-order valence-corrected chi connectivity index (χ0v) is 17.7. The van der Waals surface area contributed by atoms with E-state index in [1.54, 1.807) is 17.2 Å². The molecule has 156 valence electrons. The van der Waals surface area contributed by atoms with Gasteiger partial charge in [0.1, 0.15) is 0 Å². The van der Waals surface area contributed by atoms with Crippen molar-refractivity contribution in [2.75, 3.05) is 11.4 Å². The normalized spacial score (nSPS) is 16.5. The number of carbonyl (C=O) groups excluding carboxylic acids is 1. The predicted octanol–water partition coefficient (Wildman–Crippen LogP) is 2.74. The molecule has 0 unspecified atom stereocenters. The lowest BCUT2D eigenvalue weighted by Crippen LogP contribution is -2.29. The van der Waals surface area contributed by atoms with Crippen molar-refractivity contribution in [2.45, 2.75) is 50.0 Å². The number of rotatable bonds is 4. The lowest BCUT2D eigenvalue weighted by molar-refractivity contribution is 0.0990. The van der Waals surface area contributed by atoms with Gasteiger partial charge in [-0.1, -0.05) is 6.07 Å². The number of carbonyl (C=O) groups is 1. The summed E-state index contributed by atoms with van der Waals surface area (Å²) in [5, 5.41) is 10.5. The molecule has 2 aliphatic rings. The second-order valence-corrected chi connectivity index (χ2v) is 9.89. The van der Waals surface area contributed by atoms with Gasteiger partial charge < -0.3 is 4.90 Å². The molecule has 9 heteroatoms. The number of benzene rings is 1. The number of sulfonamides is 1. The summed E-state index contributed by atoms with van der Waals surface area (Å²) in [4.78, 5) is 20.1. The molecule has 2 aromatic heterocycles. The Hall–Kier alpha value is -2.78. The van der Waals surface area contributed by atoms with Crippen LogP contribution < -0.4 is 10.0 Å². The van der Waals surface area contributed by atoms with Gasteiger partial charge in [0.05, 0.1) is 22.0 Å². The minimum absolute atomic E-state index is 0.00659. The van der Waals surface area contributed by atoms with E-state index in [2.05, 4.69) is 5.10 Å². The molecule has 1 amide bonds. The molecule has 1 saturated carbocycles. The Balaban J connectivity index is 1.63. The Morgan fingerprint density at radius 1 is 1.23 bits per heavy atom. The van der Waals surface area contributed by atoms with Gasteiger partial charge in [0.25, 0.3) is 5.91 Å². The highest BCUT2D eigenvalue weighted by Gasteiger charge is 2.32. The number of hydrogen-bond donors (Lipinski definition) is 1. The molecule has 8 nitrogen and oxygen atoms in total. The monoisotopic (exact) mass is 425 g/mol. The van der Waals surface area contributed by atoms with E-state index in [0.29, 0.717) is 35.5 Å². The average molecular weight is 426 g/mol. The zero-order valence-electron chi connectivity index (χ0n) is 16.9. The SMILES string of the molecule is CC(C)n1ncc2c(C(=O)N3CCc4ccc(S(N)(=O)=O)cc43)cc(C3CC3)nc21. The van der Waals surface area contributed by atoms with Crippen LogP contribution in [0.25, 0.3) is 11.0 Å². The number of anilines is 1. The molecule has 0 bridgehead atoms. The number of fused-ring (bicyclic) bond motifs is 2. The number of nitrogens with zero attached hydrogens (tertiary/aromatic N) is 4. The highest BCUT2D eigenvalue weighted by atomic mass is 32.2. The summed E-state index contributed by atoms with van der Waals surface area (Å²) in [6, 6.07) is 6.72. The van der Waals surface area contributed by atoms with E-state index in [9.17, 15) is 13.2 Å². The van der Waals surface area contributed by atoms with E-state index < -0.39 is 10.0 Å². The van der Waals surface area contributed by atoms with E-state index in [4.69, 9.17) is 10.1 Å². The number of hydrogen-bond acceptors (Lipinski definition) is 5. The molecule has 1 aliphatic carbocycles. The maximum atomic E-state index is 13.6. The smallest absolute Gasteiger partial charge is 0.259 e. The van der Waals surface area contributed by atoms with Crippen LogP contribution in [0.5, 0.6) is 0 Å². The predicted molar refractivity (Wildman–Crippen MR) is 113 cm³/mol. The number of nitrogens with two attached hydrogens (primary N) is 1. The van der Waals surface area contributed by atoms with Crippen LogP contribution in [0.3, 0.4) is 0 Å². The topological polar surface area (TPSA) is 111 Å². The van der Waals surface area contributed by atoms with Crippen LogP contribution >= 0.6 is 0 Å². The molecule has 3 aromatic rings. The second kappa shape index (κ2) is 6.61. The molecule has 0 atom stereocenters. The third-order valence-electron chi connectivity index (χ3n) is 5.83. The number of amides is 1. The highest BCUT2D eigenvalue weighted by Crippen LogP contribution is 2.41. The van der Waals surface area contributed by atoms with Crippen LogP contribution in [0.15, 0.2) is 35.4 Å². The highest BCUT2D eigenvalue weighted by molar-refractivity contribution is 7.89. The maximum absolute atomic E-state index is 13.6. The molecule has 30 heavy (non-hydrogen) atoms. The summed E-state index contributed by atoms with van der Waals surface area (Å²) in [5.74, 6) is 0.217. The fourth-order valence-electron chi connectivity index (χ4n) is 4.07. The largest absolute Gasteiger partial charge is 0.308 e. The Labute approximate surface area is 174 Å². The van der Waals surface area contributed by atoms with Gasteiger partial charge >= 0.3 is 0 Å². The van der Waals surface area contributed by atoms with Crippen LogP contribution in [0.2, 0.25) is 0 Å². The quantitative estimate of drug-likeness (QED) is 0.691. The van der Waals surface area contributed by atoms with Gasteiger partial charge in [0, 0.05) is 29.9 Å². The van der Waals surface area contributed by atoms with Crippen molar-refractivity contribution < 1.29 is 13.2 Å². The van der Waals surface area contributed by atoms with Crippen LogP contribution in [-0.2, 0) is 16.4 Å². The molecule has 0 spiro atoms.